The summed E-state index contributed by atoms with van der Waals surface area (Å²) in [5.74, 6) is 0.962. The lowest BCUT2D eigenvalue weighted by Gasteiger charge is -2.15. The number of rotatable bonds is 7. The molecule has 0 heterocycles. The quantitative estimate of drug-likeness (QED) is 0.654. The van der Waals surface area contributed by atoms with E-state index in [9.17, 15) is 0 Å². The molecule has 1 fully saturated rings. The van der Waals surface area contributed by atoms with Gasteiger partial charge in [-0.15, -0.1) is 0 Å². The molecule has 2 nitrogen and oxygen atoms in total. The average Bonchev–Trinajstić information content (AvgIpc) is 2.90. The zero-order chi connectivity index (χ0) is 9.68. The minimum Gasteiger partial charge on any atom is -0.396 e. The van der Waals surface area contributed by atoms with Gasteiger partial charge >= 0.3 is 0 Å². The molecule has 2 unspecified atom stereocenters. The monoisotopic (exact) mass is 185 g/mol. The van der Waals surface area contributed by atoms with Crippen LogP contribution in [0.25, 0.3) is 0 Å². The summed E-state index contributed by atoms with van der Waals surface area (Å²) in [4.78, 5) is 2.41. The standard InChI is InChI=1S/C11H23NO/c1-3-4-6-10-9-11(10)12(2)7-5-8-13/h10-11,13H,3-9H2,1-2H3. The van der Waals surface area contributed by atoms with E-state index in [2.05, 4.69) is 18.9 Å². The van der Waals surface area contributed by atoms with Crippen LogP contribution >= 0.6 is 0 Å². The summed E-state index contributed by atoms with van der Waals surface area (Å²) in [6.45, 7) is 3.65. The molecular weight excluding hydrogens is 162 g/mol. The van der Waals surface area contributed by atoms with Crippen LogP contribution in [0.15, 0.2) is 0 Å². The highest BCUT2D eigenvalue weighted by atomic mass is 16.3. The summed E-state index contributed by atoms with van der Waals surface area (Å²) in [6.07, 6.45) is 6.43. The SMILES string of the molecule is CCCCC1CC1N(C)CCCO. The van der Waals surface area contributed by atoms with Crippen molar-refractivity contribution < 1.29 is 5.11 Å². The lowest BCUT2D eigenvalue weighted by atomic mass is 10.2. The fourth-order valence-corrected chi connectivity index (χ4v) is 2.03. The molecule has 1 N–H and O–H groups in total. The van der Waals surface area contributed by atoms with Gasteiger partial charge in [0.2, 0.25) is 0 Å². The van der Waals surface area contributed by atoms with Crippen molar-refractivity contribution in [2.45, 2.75) is 45.1 Å². The molecule has 0 aromatic heterocycles. The number of hydrogen-bond donors (Lipinski definition) is 1. The molecule has 2 atom stereocenters. The number of hydrogen-bond acceptors (Lipinski definition) is 2. The first-order valence-electron chi connectivity index (χ1n) is 5.60. The van der Waals surface area contributed by atoms with Crippen LogP contribution in [0.5, 0.6) is 0 Å². The van der Waals surface area contributed by atoms with Crippen LogP contribution in [0, 0.1) is 5.92 Å². The van der Waals surface area contributed by atoms with Crippen LogP contribution in [0.2, 0.25) is 0 Å². The van der Waals surface area contributed by atoms with Gasteiger partial charge in [-0.25, -0.2) is 0 Å². The van der Waals surface area contributed by atoms with Crippen molar-refractivity contribution in [3.63, 3.8) is 0 Å². The van der Waals surface area contributed by atoms with Crippen molar-refractivity contribution in [2.24, 2.45) is 5.92 Å². The molecule has 2 heteroatoms. The predicted octanol–water partition coefficient (Wildman–Crippen LogP) is 1.88. The van der Waals surface area contributed by atoms with Crippen LogP contribution in [-0.2, 0) is 0 Å². The summed E-state index contributed by atoms with van der Waals surface area (Å²) < 4.78 is 0. The lowest BCUT2D eigenvalue weighted by Crippen LogP contribution is -2.24. The molecule has 0 aliphatic heterocycles. The van der Waals surface area contributed by atoms with Crippen LogP contribution in [0.4, 0.5) is 0 Å². The predicted molar refractivity (Wildman–Crippen MR) is 55.8 cm³/mol. The van der Waals surface area contributed by atoms with Crippen molar-refractivity contribution in [3.8, 4) is 0 Å². The Kier molecular flexibility index (Phi) is 4.74. The first-order chi connectivity index (χ1) is 6.29. The summed E-state index contributed by atoms with van der Waals surface area (Å²) >= 11 is 0. The van der Waals surface area contributed by atoms with Gasteiger partial charge in [0.05, 0.1) is 0 Å². The first-order valence-corrected chi connectivity index (χ1v) is 5.60. The highest BCUT2D eigenvalue weighted by Gasteiger charge is 2.38. The minimum atomic E-state index is 0.330. The van der Waals surface area contributed by atoms with Gasteiger partial charge in [0.15, 0.2) is 0 Å². The van der Waals surface area contributed by atoms with Crippen LogP contribution < -0.4 is 0 Å². The molecule has 1 saturated carbocycles. The topological polar surface area (TPSA) is 23.5 Å². The van der Waals surface area contributed by atoms with Gasteiger partial charge in [-0.1, -0.05) is 19.8 Å². The van der Waals surface area contributed by atoms with Crippen molar-refractivity contribution in [3.05, 3.63) is 0 Å². The van der Waals surface area contributed by atoms with Crippen molar-refractivity contribution in [2.75, 3.05) is 20.2 Å². The zero-order valence-corrected chi connectivity index (χ0v) is 9.00. The van der Waals surface area contributed by atoms with Gasteiger partial charge in [0, 0.05) is 19.2 Å². The van der Waals surface area contributed by atoms with Crippen molar-refractivity contribution in [1.29, 1.82) is 0 Å². The summed E-state index contributed by atoms with van der Waals surface area (Å²) in [6, 6.07) is 0.832. The fourth-order valence-electron chi connectivity index (χ4n) is 2.03. The number of nitrogens with zero attached hydrogens (tertiary/aromatic N) is 1. The average molecular weight is 185 g/mol. The maximum absolute atomic E-state index is 8.70. The minimum absolute atomic E-state index is 0.330. The lowest BCUT2D eigenvalue weighted by molar-refractivity contribution is 0.237. The van der Waals surface area contributed by atoms with E-state index in [1.165, 1.54) is 25.7 Å². The zero-order valence-electron chi connectivity index (χ0n) is 9.00. The van der Waals surface area contributed by atoms with E-state index < -0.39 is 0 Å². The van der Waals surface area contributed by atoms with Gasteiger partial charge in [0.1, 0.15) is 0 Å². The second-order valence-electron chi connectivity index (χ2n) is 4.26. The van der Waals surface area contributed by atoms with Crippen molar-refractivity contribution >= 4 is 0 Å². The number of aliphatic hydroxyl groups excluding tert-OH is 1. The molecule has 0 saturated heterocycles. The molecule has 1 aliphatic carbocycles. The Morgan fingerprint density at radius 2 is 2.15 bits per heavy atom. The summed E-state index contributed by atoms with van der Waals surface area (Å²) in [7, 11) is 2.19. The Bertz CT molecular complexity index is 138. The fraction of sp³-hybridized carbons (Fsp3) is 1.00. The second-order valence-corrected chi connectivity index (χ2v) is 4.26. The normalized spacial score (nSPS) is 26.8. The molecular formula is C11H23NO. The molecule has 0 aromatic carbocycles. The third-order valence-corrected chi connectivity index (χ3v) is 3.05. The highest BCUT2D eigenvalue weighted by Crippen LogP contribution is 2.38. The van der Waals surface area contributed by atoms with E-state index in [-0.39, 0.29) is 0 Å². The molecule has 13 heavy (non-hydrogen) atoms. The maximum atomic E-state index is 8.70. The van der Waals surface area contributed by atoms with Crippen LogP contribution in [0.3, 0.4) is 0 Å². The maximum Gasteiger partial charge on any atom is 0.0443 e. The van der Waals surface area contributed by atoms with Crippen LogP contribution in [-0.4, -0.2) is 36.2 Å². The molecule has 0 aromatic rings. The molecule has 1 rings (SSSR count). The Hall–Kier alpha value is -0.0800. The van der Waals surface area contributed by atoms with Crippen LogP contribution in [0.1, 0.15) is 39.0 Å². The Balaban J connectivity index is 2.03. The Morgan fingerprint density at radius 1 is 1.38 bits per heavy atom. The molecule has 0 bridgehead atoms. The second kappa shape index (κ2) is 5.61. The van der Waals surface area contributed by atoms with Gasteiger partial charge in [-0.3, -0.25) is 0 Å². The third-order valence-electron chi connectivity index (χ3n) is 3.05. The Morgan fingerprint density at radius 3 is 2.77 bits per heavy atom. The van der Waals surface area contributed by atoms with Crippen molar-refractivity contribution in [1.82, 2.24) is 4.90 Å². The smallest absolute Gasteiger partial charge is 0.0443 e. The van der Waals surface area contributed by atoms with E-state index in [1.807, 2.05) is 0 Å². The van der Waals surface area contributed by atoms with Gasteiger partial charge in [0.25, 0.3) is 0 Å². The Labute approximate surface area is 81.9 Å². The molecule has 0 amide bonds. The third kappa shape index (κ3) is 3.65. The molecule has 1 aliphatic rings. The van der Waals surface area contributed by atoms with E-state index >= 15 is 0 Å². The molecule has 78 valence electrons. The van der Waals surface area contributed by atoms with Gasteiger partial charge in [-0.2, -0.15) is 0 Å². The van der Waals surface area contributed by atoms with Gasteiger partial charge < -0.3 is 10.0 Å². The highest BCUT2D eigenvalue weighted by molar-refractivity contribution is 4.93. The molecule has 0 spiro atoms. The number of aliphatic hydroxyl groups is 1. The molecule has 0 radical (unpaired) electrons. The number of unbranched alkanes of at least 4 members (excludes halogenated alkanes) is 1. The first kappa shape index (κ1) is 11.0. The largest absolute Gasteiger partial charge is 0.396 e. The van der Waals surface area contributed by atoms with E-state index in [1.54, 1.807) is 0 Å². The summed E-state index contributed by atoms with van der Waals surface area (Å²) in [5, 5.41) is 8.70. The van der Waals surface area contributed by atoms with E-state index in [4.69, 9.17) is 5.11 Å². The summed E-state index contributed by atoms with van der Waals surface area (Å²) in [5.41, 5.74) is 0. The van der Waals surface area contributed by atoms with E-state index in [0.717, 1.165) is 24.9 Å². The van der Waals surface area contributed by atoms with E-state index in [0.29, 0.717) is 6.61 Å². The van der Waals surface area contributed by atoms with Gasteiger partial charge in [-0.05, 0) is 32.2 Å².